The van der Waals surface area contributed by atoms with Crippen LogP contribution in [-0.2, 0) is 9.53 Å². The van der Waals surface area contributed by atoms with E-state index < -0.39 is 0 Å². The van der Waals surface area contributed by atoms with Gasteiger partial charge in [0.15, 0.2) is 0 Å². The number of carbonyl (C=O) groups excluding carboxylic acids is 1. The minimum absolute atomic E-state index is 0.0446. The van der Waals surface area contributed by atoms with Crippen molar-refractivity contribution in [1.29, 1.82) is 0 Å². The van der Waals surface area contributed by atoms with E-state index in [9.17, 15) is 4.79 Å². The van der Waals surface area contributed by atoms with Gasteiger partial charge in [0.2, 0.25) is 5.91 Å². The Balaban J connectivity index is 1.77. The molecule has 0 bridgehead atoms. The fourth-order valence-electron chi connectivity index (χ4n) is 2.73. The van der Waals surface area contributed by atoms with Gasteiger partial charge in [0, 0.05) is 24.3 Å². The number of amides is 1. The number of carbonyl (C=O) groups is 1. The van der Waals surface area contributed by atoms with Crippen LogP contribution in [0.2, 0.25) is 0 Å². The number of hydrogen-bond acceptors (Lipinski definition) is 4. The van der Waals surface area contributed by atoms with Crippen molar-refractivity contribution in [3.63, 3.8) is 0 Å². The molecule has 1 amide bonds. The summed E-state index contributed by atoms with van der Waals surface area (Å²) in [6.45, 7) is 4.62. The molecule has 2 rings (SSSR count). The average molecular weight is 292 g/mol. The van der Waals surface area contributed by atoms with E-state index in [0.717, 1.165) is 17.9 Å². The van der Waals surface area contributed by atoms with E-state index in [2.05, 4.69) is 24.5 Å². The van der Waals surface area contributed by atoms with Crippen LogP contribution in [-0.4, -0.2) is 38.8 Å². The van der Waals surface area contributed by atoms with Crippen molar-refractivity contribution < 1.29 is 14.3 Å². The van der Waals surface area contributed by atoms with Gasteiger partial charge in [0.05, 0.1) is 19.8 Å². The zero-order chi connectivity index (χ0) is 15.5. The van der Waals surface area contributed by atoms with E-state index in [1.54, 1.807) is 14.2 Å². The van der Waals surface area contributed by atoms with Crippen molar-refractivity contribution in [2.45, 2.75) is 32.4 Å². The summed E-state index contributed by atoms with van der Waals surface area (Å²) in [5, 5.41) is 6.16. The van der Waals surface area contributed by atoms with Crippen molar-refractivity contribution in [3.05, 3.63) is 24.3 Å². The van der Waals surface area contributed by atoms with Crippen molar-refractivity contribution in [3.8, 4) is 5.75 Å². The minimum atomic E-state index is -0.0446. The number of methoxy groups -OCH3 is 2. The molecule has 0 radical (unpaired) electrons. The zero-order valence-electron chi connectivity index (χ0n) is 13.1. The highest BCUT2D eigenvalue weighted by Crippen LogP contribution is 2.42. The van der Waals surface area contributed by atoms with Gasteiger partial charge in [-0.05, 0) is 30.7 Å². The van der Waals surface area contributed by atoms with Crippen LogP contribution in [0, 0.1) is 5.41 Å². The number of anilines is 1. The Morgan fingerprint density at radius 1 is 1.29 bits per heavy atom. The molecule has 0 spiro atoms. The fourth-order valence-corrected chi connectivity index (χ4v) is 2.73. The third-order valence-electron chi connectivity index (χ3n) is 4.35. The standard InChI is InChI=1S/C16H24N2O3/c1-16(2)13(9-14(16)21-4)17-10-15(19)18-11-5-7-12(20-3)8-6-11/h5-8,13-14,17H,9-10H2,1-4H3,(H,18,19). The molecule has 0 aliphatic heterocycles. The Hall–Kier alpha value is -1.59. The Kier molecular flexibility index (Phi) is 4.85. The summed E-state index contributed by atoms with van der Waals surface area (Å²) < 4.78 is 10.5. The average Bonchev–Trinajstić information content (AvgIpc) is 2.47. The Labute approximate surface area is 126 Å². The van der Waals surface area contributed by atoms with Gasteiger partial charge in [-0.3, -0.25) is 4.79 Å². The highest BCUT2D eigenvalue weighted by molar-refractivity contribution is 5.92. The maximum atomic E-state index is 11.9. The van der Waals surface area contributed by atoms with E-state index in [-0.39, 0.29) is 17.4 Å². The van der Waals surface area contributed by atoms with Crippen molar-refractivity contribution >= 4 is 11.6 Å². The molecule has 0 saturated heterocycles. The molecule has 5 nitrogen and oxygen atoms in total. The SMILES string of the molecule is COc1ccc(NC(=O)CNC2CC(OC)C2(C)C)cc1. The normalized spacial score (nSPS) is 23.2. The Morgan fingerprint density at radius 3 is 2.48 bits per heavy atom. The van der Waals surface area contributed by atoms with E-state index in [0.29, 0.717) is 12.6 Å². The summed E-state index contributed by atoms with van der Waals surface area (Å²) in [7, 11) is 3.35. The molecule has 1 aromatic rings. The van der Waals surface area contributed by atoms with E-state index >= 15 is 0 Å². The highest BCUT2D eigenvalue weighted by Gasteiger charge is 2.48. The lowest BCUT2D eigenvalue weighted by Crippen LogP contribution is -2.61. The van der Waals surface area contributed by atoms with Crippen LogP contribution >= 0.6 is 0 Å². The lowest BCUT2D eigenvalue weighted by Gasteiger charge is -2.51. The van der Waals surface area contributed by atoms with Crippen LogP contribution in [0.25, 0.3) is 0 Å². The smallest absolute Gasteiger partial charge is 0.238 e. The summed E-state index contributed by atoms with van der Waals surface area (Å²) in [5.41, 5.74) is 0.833. The van der Waals surface area contributed by atoms with Gasteiger partial charge < -0.3 is 20.1 Å². The molecule has 1 aliphatic rings. The maximum absolute atomic E-state index is 11.9. The highest BCUT2D eigenvalue weighted by atomic mass is 16.5. The summed E-state index contributed by atoms with van der Waals surface area (Å²) in [5.74, 6) is 0.727. The van der Waals surface area contributed by atoms with Gasteiger partial charge in [-0.2, -0.15) is 0 Å². The number of rotatable bonds is 6. The van der Waals surface area contributed by atoms with Crippen molar-refractivity contribution in [2.75, 3.05) is 26.1 Å². The first-order chi connectivity index (χ1) is 9.97. The molecule has 0 heterocycles. The third-order valence-corrected chi connectivity index (χ3v) is 4.35. The second-order valence-electron chi connectivity index (χ2n) is 5.99. The first-order valence-electron chi connectivity index (χ1n) is 7.17. The number of ether oxygens (including phenoxy) is 2. The number of hydrogen-bond donors (Lipinski definition) is 2. The van der Waals surface area contributed by atoms with Gasteiger partial charge >= 0.3 is 0 Å². The lowest BCUT2D eigenvalue weighted by atomic mass is 9.64. The molecule has 21 heavy (non-hydrogen) atoms. The van der Waals surface area contributed by atoms with Gasteiger partial charge in [-0.15, -0.1) is 0 Å². The van der Waals surface area contributed by atoms with E-state index in [1.165, 1.54) is 0 Å². The van der Waals surface area contributed by atoms with Crippen LogP contribution < -0.4 is 15.4 Å². The zero-order valence-corrected chi connectivity index (χ0v) is 13.1. The summed E-state index contributed by atoms with van der Waals surface area (Å²) >= 11 is 0. The summed E-state index contributed by atoms with van der Waals surface area (Å²) in [6.07, 6.45) is 1.21. The molecule has 1 aromatic carbocycles. The molecular weight excluding hydrogens is 268 g/mol. The van der Waals surface area contributed by atoms with Crippen LogP contribution in [0.3, 0.4) is 0 Å². The van der Waals surface area contributed by atoms with Gasteiger partial charge in [-0.1, -0.05) is 13.8 Å². The molecule has 5 heteroatoms. The van der Waals surface area contributed by atoms with Crippen LogP contribution in [0.15, 0.2) is 24.3 Å². The van der Waals surface area contributed by atoms with E-state index in [4.69, 9.17) is 9.47 Å². The monoisotopic (exact) mass is 292 g/mol. The number of nitrogens with one attached hydrogen (secondary N) is 2. The van der Waals surface area contributed by atoms with Crippen molar-refractivity contribution in [1.82, 2.24) is 5.32 Å². The first kappa shape index (κ1) is 15.8. The largest absolute Gasteiger partial charge is 0.497 e. The van der Waals surface area contributed by atoms with Gasteiger partial charge in [0.25, 0.3) is 0 Å². The van der Waals surface area contributed by atoms with Crippen LogP contribution in [0.4, 0.5) is 5.69 Å². The Morgan fingerprint density at radius 2 is 1.95 bits per heavy atom. The number of benzene rings is 1. The third kappa shape index (κ3) is 3.54. The van der Waals surface area contributed by atoms with Crippen LogP contribution in [0.5, 0.6) is 5.75 Å². The van der Waals surface area contributed by atoms with Crippen LogP contribution in [0.1, 0.15) is 20.3 Å². The molecule has 1 saturated carbocycles. The molecule has 2 atom stereocenters. The summed E-state index contributed by atoms with van der Waals surface area (Å²) in [6, 6.07) is 7.60. The van der Waals surface area contributed by atoms with Gasteiger partial charge in [0.1, 0.15) is 5.75 Å². The molecule has 116 valence electrons. The second kappa shape index (κ2) is 6.45. The summed E-state index contributed by atoms with van der Waals surface area (Å²) in [4.78, 5) is 11.9. The molecule has 2 unspecified atom stereocenters. The quantitative estimate of drug-likeness (QED) is 0.842. The molecule has 2 N–H and O–H groups in total. The Bertz CT molecular complexity index is 485. The second-order valence-corrected chi connectivity index (χ2v) is 5.99. The topological polar surface area (TPSA) is 59.6 Å². The molecular formula is C16H24N2O3. The predicted molar refractivity (Wildman–Crippen MR) is 82.6 cm³/mol. The molecule has 0 aromatic heterocycles. The predicted octanol–water partition coefficient (Wildman–Crippen LogP) is 2.04. The van der Waals surface area contributed by atoms with Gasteiger partial charge in [-0.25, -0.2) is 0 Å². The first-order valence-corrected chi connectivity index (χ1v) is 7.17. The fraction of sp³-hybridized carbons (Fsp3) is 0.562. The molecule has 1 aliphatic carbocycles. The van der Waals surface area contributed by atoms with Crippen molar-refractivity contribution in [2.24, 2.45) is 5.41 Å². The lowest BCUT2D eigenvalue weighted by molar-refractivity contribution is -0.119. The maximum Gasteiger partial charge on any atom is 0.238 e. The molecule has 1 fully saturated rings. The van der Waals surface area contributed by atoms with E-state index in [1.807, 2.05) is 24.3 Å². The minimum Gasteiger partial charge on any atom is -0.497 e.